The summed E-state index contributed by atoms with van der Waals surface area (Å²) in [5.74, 6) is 1.03. The Bertz CT molecular complexity index is 689. The van der Waals surface area contributed by atoms with Gasteiger partial charge in [0.2, 0.25) is 0 Å². The minimum atomic E-state index is 0. The first kappa shape index (κ1) is 12.4. The maximum absolute atomic E-state index is 4.55. The van der Waals surface area contributed by atoms with Crippen LogP contribution in [0.5, 0.6) is 0 Å². The monoisotopic (exact) mass is 360 g/mol. The molecule has 4 rings (SSSR count). The second-order valence-corrected chi connectivity index (χ2v) is 4.60. The highest BCUT2D eigenvalue weighted by atomic mass is 127. The van der Waals surface area contributed by atoms with Gasteiger partial charge in [0.25, 0.3) is 0 Å². The number of hydrogen-bond acceptors (Lipinski definition) is 2. The molecule has 3 heteroatoms. The SMILES string of the molecule is C1=NC2=Cc3ccccc3CN2c2ccccc21.I. The van der Waals surface area contributed by atoms with Crippen LogP contribution >= 0.6 is 24.0 Å². The standard InChI is InChI=1S/C16H12N2.HI/c1-2-7-14-11-18-15-8-4-3-6-13(15)10-17-16(18)9-12(14)5-1;/h1-10H,11H2;1H. The van der Waals surface area contributed by atoms with Crippen molar-refractivity contribution in [2.24, 2.45) is 4.99 Å². The molecule has 0 aromatic heterocycles. The normalized spacial score (nSPS) is 14.7. The van der Waals surface area contributed by atoms with Crippen molar-refractivity contribution in [2.45, 2.75) is 6.54 Å². The predicted molar refractivity (Wildman–Crippen MR) is 90.1 cm³/mol. The van der Waals surface area contributed by atoms with Gasteiger partial charge in [-0.15, -0.1) is 24.0 Å². The Labute approximate surface area is 129 Å². The molecule has 94 valence electrons. The summed E-state index contributed by atoms with van der Waals surface area (Å²) in [7, 11) is 0. The topological polar surface area (TPSA) is 15.6 Å². The van der Waals surface area contributed by atoms with Gasteiger partial charge < -0.3 is 4.90 Å². The summed E-state index contributed by atoms with van der Waals surface area (Å²) in [6, 6.07) is 16.9. The summed E-state index contributed by atoms with van der Waals surface area (Å²) in [5, 5.41) is 0. The average molecular weight is 360 g/mol. The second-order valence-electron chi connectivity index (χ2n) is 4.60. The molecule has 0 N–H and O–H groups in total. The molecular weight excluding hydrogens is 347 g/mol. The van der Waals surface area contributed by atoms with Crippen LogP contribution in [0.25, 0.3) is 6.08 Å². The summed E-state index contributed by atoms with van der Waals surface area (Å²) < 4.78 is 0. The van der Waals surface area contributed by atoms with Crippen molar-refractivity contribution in [1.82, 2.24) is 0 Å². The van der Waals surface area contributed by atoms with Crippen LogP contribution in [0.4, 0.5) is 5.69 Å². The van der Waals surface area contributed by atoms with Gasteiger partial charge in [0.15, 0.2) is 0 Å². The molecule has 2 heterocycles. The van der Waals surface area contributed by atoms with E-state index in [-0.39, 0.29) is 24.0 Å². The van der Waals surface area contributed by atoms with E-state index < -0.39 is 0 Å². The molecule has 0 bridgehead atoms. The Morgan fingerprint density at radius 2 is 1.63 bits per heavy atom. The molecule has 19 heavy (non-hydrogen) atoms. The summed E-state index contributed by atoms with van der Waals surface area (Å²) in [6.07, 6.45) is 4.11. The Balaban J connectivity index is 0.00000110. The Morgan fingerprint density at radius 3 is 2.53 bits per heavy atom. The molecule has 0 unspecified atom stereocenters. The predicted octanol–water partition coefficient (Wildman–Crippen LogP) is 4.06. The largest absolute Gasteiger partial charge is 0.321 e. The maximum Gasteiger partial charge on any atom is 0.133 e. The maximum atomic E-state index is 4.55. The van der Waals surface area contributed by atoms with E-state index in [1.165, 1.54) is 22.4 Å². The quantitative estimate of drug-likeness (QED) is 0.647. The Hall–Kier alpha value is -1.62. The van der Waals surface area contributed by atoms with Crippen molar-refractivity contribution < 1.29 is 0 Å². The number of fused-ring (bicyclic) bond motifs is 4. The summed E-state index contributed by atoms with van der Waals surface area (Å²) in [6.45, 7) is 0.899. The number of rotatable bonds is 0. The van der Waals surface area contributed by atoms with E-state index in [4.69, 9.17) is 0 Å². The highest BCUT2D eigenvalue weighted by molar-refractivity contribution is 14.0. The van der Waals surface area contributed by atoms with Crippen LogP contribution in [-0.4, -0.2) is 6.21 Å². The molecule has 2 nitrogen and oxygen atoms in total. The molecule has 2 aliphatic heterocycles. The van der Waals surface area contributed by atoms with Gasteiger partial charge in [-0.05, 0) is 23.3 Å². The van der Waals surface area contributed by atoms with E-state index in [1.54, 1.807) is 0 Å². The van der Waals surface area contributed by atoms with Crippen LogP contribution in [-0.2, 0) is 6.54 Å². The van der Waals surface area contributed by atoms with Crippen LogP contribution in [0.1, 0.15) is 16.7 Å². The van der Waals surface area contributed by atoms with E-state index in [9.17, 15) is 0 Å². The fraction of sp³-hybridized carbons (Fsp3) is 0.0625. The summed E-state index contributed by atoms with van der Waals surface area (Å²) in [4.78, 5) is 6.83. The van der Waals surface area contributed by atoms with Gasteiger partial charge in [0, 0.05) is 11.8 Å². The van der Waals surface area contributed by atoms with Crippen LogP contribution in [0.2, 0.25) is 0 Å². The molecule has 0 saturated carbocycles. The van der Waals surface area contributed by atoms with Gasteiger partial charge in [-0.2, -0.15) is 0 Å². The van der Waals surface area contributed by atoms with E-state index in [2.05, 4.69) is 64.5 Å². The lowest BCUT2D eigenvalue weighted by molar-refractivity contribution is 0.881. The lowest BCUT2D eigenvalue weighted by atomic mass is 10.0. The number of benzene rings is 2. The van der Waals surface area contributed by atoms with Crippen molar-refractivity contribution in [1.29, 1.82) is 0 Å². The third kappa shape index (κ3) is 1.98. The third-order valence-electron chi connectivity index (χ3n) is 3.51. The number of para-hydroxylation sites is 1. The van der Waals surface area contributed by atoms with Crippen LogP contribution in [0.3, 0.4) is 0 Å². The van der Waals surface area contributed by atoms with Gasteiger partial charge in [-0.3, -0.25) is 0 Å². The Morgan fingerprint density at radius 1 is 0.895 bits per heavy atom. The zero-order chi connectivity index (χ0) is 11.9. The summed E-state index contributed by atoms with van der Waals surface area (Å²) in [5.41, 5.74) is 5.07. The first-order valence-corrected chi connectivity index (χ1v) is 6.12. The fourth-order valence-electron chi connectivity index (χ4n) is 2.58. The van der Waals surface area contributed by atoms with Crippen LogP contribution in [0.15, 0.2) is 59.3 Å². The highest BCUT2D eigenvalue weighted by Gasteiger charge is 2.22. The van der Waals surface area contributed by atoms with E-state index in [0.29, 0.717) is 0 Å². The summed E-state index contributed by atoms with van der Waals surface area (Å²) >= 11 is 0. The van der Waals surface area contributed by atoms with Crippen LogP contribution < -0.4 is 4.90 Å². The molecule has 2 aromatic carbocycles. The molecule has 0 saturated heterocycles. The lowest BCUT2D eigenvalue weighted by Gasteiger charge is -2.32. The molecule has 0 aliphatic carbocycles. The van der Waals surface area contributed by atoms with Gasteiger partial charge in [0.1, 0.15) is 5.82 Å². The Kier molecular flexibility index (Phi) is 3.14. The van der Waals surface area contributed by atoms with Gasteiger partial charge >= 0.3 is 0 Å². The first-order valence-electron chi connectivity index (χ1n) is 6.12. The van der Waals surface area contributed by atoms with Crippen molar-refractivity contribution >= 4 is 42.0 Å². The minimum Gasteiger partial charge on any atom is -0.321 e. The molecule has 0 amide bonds. The lowest BCUT2D eigenvalue weighted by Crippen LogP contribution is -2.27. The molecule has 0 fully saturated rings. The molecular formula is C16H13IN2. The number of aliphatic imine (C=N–C) groups is 1. The van der Waals surface area contributed by atoms with E-state index in [1.807, 2.05) is 6.21 Å². The van der Waals surface area contributed by atoms with Crippen LogP contribution in [0, 0.1) is 0 Å². The third-order valence-corrected chi connectivity index (χ3v) is 3.51. The van der Waals surface area contributed by atoms with Gasteiger partial charge in [-0.25, -0.2) is 4.99 Å². The van der Waals surface area contributed by atoms with Crippen molar-refractivity contribution in [2.75, 3.05) is 4.90 Å². The zero-order valence-electron chi connectivity index (χ0n) is 10.3. The molecule has 2 aromatic rings. The first-order chi connectivity index (χ1) is 8.92. The van der Waals surface area contributed by atoms with Gasteiger partial charge in [-0.1, -0.05) is 42.5 Å². The molecule has 0 atom stereocenters. The second kappa shape index (κ2) is 4.81. The van der Waals surface area contributed by atoms with Crippen molar-refractivity contribution in [3.05, 3.63) is 71.0 Å². The average Bonchev–Trinajstić information content (AvgIpc) is 2.45. The number of nitrogens with zero attached hydrogens (tertiary/aromatic N) is 2. The van der Waals surface area contributed by atoms with Gasteiger partial charge in [0.05, 0.1) is 12.2 Å². The minimum absolute atomic E-state index is 0. The number of hydrogen-bond donors (Lipinski definition) is 0. The number of anilines is 1. The molecule has 0 spiro atoms. The van der Waals surface area contributed by atoms with Crippen molar-refractivity contribution in [3.63, 3.8) is 0 Å². The fourth-order valence-corrected chi connectivity index (χ4v) is 2.58. The smallest absolute Gasteiger partial charge is 0.133 e. The van der Waals surface area contributed by atoms with E-state index in [0.717, 1.165) is 12.4 Å². The molecule has 0 radical (unpaired) electrons. The number of halogens is 1. The van der Waals surface area contributed by atoms with E-state index >= 15 is 0 Å². The highest BCUT2D eigenvalue weighted by Crippen LogP contribution is 2.34. The van der Waals surface area contributed by atoms with Crippen molar-refractivity contribution in [3.8, 4) is 0 Å². The zero-order valence-corrected chi connectivity index (χ0v) is 12.6. The molecule has 2 aliphatic rings.